The van der Waals surface area contributed by atoms with E-state index in [9.17, 15) is 8.78 Å². The van der Waals surface area contributed by atoms with Gasteiger partial charge < -0.3 is 10.6 Å². The van der Waals surface area contributed by atoms with E-state index in [0.717, 1.165) is 25.0 Å². The van der Waals surface area contributed by atoms with Gasteiger partial charge in [0.1, 0.15) is 11.6 Å². The first-order valence-corrected chi connectivity index (χ1v) is 6.98. The molecule has 2 N–H and O–H groups in total. The third-order valence-corrected chi connectivity index (χ3v) is 3.78. The average molecular weight is 335 g/mol. The average Bonchev–Trinajstić information content (AvgIpc) is 2.78. The lowest BCUT2D eigenvalue weighted by atomic mass is 10.2. The number of benzene rings is 1. The number of nitrogens with one attached hydrogen (secondary N) is 2. The number of hydrogen-bond donors (Lipinski definition) is 2. The molecule has 1 aliphatic carbocycles. The van der Waals surface area contributed by atoms with E-state index in [1.54, 1.807) is 0 Å². The minimum atomic E-state index is -0.543. The van der Waals surface area contributed by atoms with Gasteiger partial charge in [0.15, 0.2) is 5.11 Å². The lowest BCUT2D eigenvalue weighted by Crippen LogP contribution is -2.36. The molecule has 0 amide bonds. The van der Waals surface area contributed by atoms with Gasteiger partial charge in [0.25, 0.3) is 0 Å². The maximum atomic E-state index is 13.6. The summed E-state index contributed by atoms with van der Waals surface area (Å²) in [5.74, 6) is -1.07. The van der Waals surface area contributed by atoms with Gasteiger partial charge >= 0.3 is 0 Å². The molecule has 1 aromatic carbocycles. The van der Waals surface area contributed by atoms with E-state index in [0.29, 0.717) is 11.2 Å². The van der Waals surface area contributed by atoms with E-state index >= 15 is 0 Å². The van der Waals surface area contributed by atoms with Crippen molar-refractivity contribution in [3.63, 3.8) is 0 Å². The van der Waals surface area contributed by atoms with Crippen LogP contribution in [0.3, 0.4) is 0 Å². The fourth-order valence-corrected chi connectivity index (χ4v) is 2.62. The lowest BCUT2D eigenvalue weighted by molar-refractivity contribution is 0.597. The van der Waals surface area contributed by atoms with Crippen LogP contribution in [0.25, 0.3) is 0 Å². The van der Waals surface area contributed by atoms with Crippen molar-refractivity contribution >= 4 is 38.9 Å². The highest BCUT2D eigenvalue weighted by atomic mass is 79.9. The number of rotatable bonds is 2. The maximum Gasteiger partial charge on any atom is 0.171 e. The van der Waals surface area contributed by atoms with Gasteiger partial charge in [0.2, 0.25) is 0 Å². The summed E-state index contributed by atoms with van der Waals surface area (Å²) in [6, 6.07) is 2.51. The molecule has 0 unspecified atom stereocenters. The molecule has 0 heterocycles. The van der Waals surface area contributed by atoms with Crippen LogP contribution in [0.5, 0.6) is 0 Å². The van der Waals surface area contributed by atoms with E-state index in [2.05, 4.69) is 26.6 Å². The van der Waals surface area contributed by atoms with Crippen molar-refractivity contribution in [3.05, 3.63) is 28.2 Å². The molecule has 0 bridgehead atoms. The number of anilines is 1. The van der Waals surface area contributed by atoms with Crippen molar-refractivity contribution in [2.45, 2.75) is 31.7 Å². The van der Waals surface area contributed by atoms with Crippen molar-refractivity contribution < 1.29 is 8.78 Å². The van der Waals surface area contributed by atoms with E-state index in [4.69, 9.17) is 12.2 Å². The molecule has 1 aromatic rings. The monoisotopic (exact) mass is 334 g/mol. The van der Waals surface area contributed by atoms with Gasteiger partial charge in [-0.15, -0.1) is 0 Å². The fourth-order valence-electron chi connectivity index (χ4n) is 2.03. The topological polar surface area (TPSA) is 24.1 Å². The Labute approximate surface area is 118 Å². The number of halogens is 3. The number of hydrogen-bond acceptors (Lipinski definition) is 1. The summed E-state index contributed by atoms with van der Waals surface area (Å²) >= 11 is 8.01. The molecule has 1 saturated carbocycles. The van der Waals surface area contributed by atoms with Crippen LogP contribution in [0.1, 0.15) is 25.7 Å². The molecule has 2 nitrogen and oxygen atoms in total. The Hall–Kier alpha value is -0.750. The summed E-state index contributed by atoms with van der Waals surface area (Å²) in [5.41, 5.74) is 0.0474. The minimum Gasteiger partial charge on any atom is -0.360 e. The molecule has 1 fully saturated rings. The van der Waals surface area contributed by atoms with Crippen molar-refractivity contribution in [2.24, 2.45) is 0 Å². The highest BCUT2D eigenvalue weighted by Crippen LogP contribution is 2.23. The second kappa shape index (κ2) is 5.93. The Morgan fingerprint density at radius 1 is 1.22 bits per heavy atom. The predicted molar refractivity (Wildman–Crippen MR) is 75.7 cm³/mol. The fraction of sp³-hybridized carbons (Fsp3) is 0.417. The molecule has 0 aromatic heterocycles. The normalized spacial score (nSPS) is 15.7. The van der Waals surface area contributed by atoms with Crippen LogP contribution in [-0.4, -0.2) is 11.2 Å². The third-order valence-electron chi connectivity index (χ3n) is 2.95. The summed E-state index contributed by atoms with van der Waals surface area (Å²) in [6.45, 7) is 0. The van der Waals surface area contributed by atoms with Crippen LogP contribution in [0.4, 0.5) is 14.5 Å². The highest BCUT2D eigenvalue weighted by molar-refractivity contribution is 9.10. The molecular formula is C12H13BrF2N2S. The van der Waals surface area contributed by atoms with Gasteiger partial charge in [-0.05, 0) is 47.1 Å². The summed E-state index contributed by atoms with van der Waals surface area (Å²) < 4.78 is 27.0. The van der Waals surface area contributed by atoms with Crippen molar-refractivity contribution in [1.29, 1.82) is 0 Å². The van der Waals surface area contributed by atoms with Gasteiger partial charge in [-0.1, -0.05) is 12.8 Å². The molecule has 1 aliphatic rings. The molecule has 0 spiro atoms. The Bertz CT molecular complexity index is 462. The Balaban J connectivity index is 2.00. The Kier molecular flexibility index (Phi) is 4.50. The molecule has 98 valence electrons. The molecule has 0 aliphatic heterocycles. The minimum absolute atomic E-state index is 0.0474. The van der Waals surface area contributed by atoms with Crippen LogP contribution in [-0.2, 0) is 0 Å². The molecule has 6 heteroatoms. The van der Waals surface area contributed by atoms with Crippen molar-refractivity contribution in [3.8, 4) is 0 Å². The smallest absolute Gasteiger partial charge is 0.171 e. The maximum absolute atomic E-state index is 13.6. The van der Waals surface area contributed by atoms with Gasteiger partial charge in [0.05, 0.1) is 10.2 Å². The Morgan fingerprint density at radius 3 is 2.56 bits per heavy atom. The molecule has 18 heavy (non-hydrogen) atoms. The first-order valence-electron chi connectivity index (χ1n) is 5.78. The zero-order valence-corrected chi connectivity index (χ0v) is 12.0. The summed E-state index contributed by atoms with van der Waals surface area (Å²) in [5, 5.41) is 6.13. The van der Waals surface area contributed by atoms with Crippen molar-refractivity contribution in [2.75, 3.05) is 5.32 Å². The second-order valence-electron chi connectivity index (χ2n) is 4.33. The SMILES string of the molecule is Fc1cc(NC(=S)NC2CCCC2)c(F)cc1Br. The summed E-state index contributed by atoms with van der Waals surface area (Å²) in [6.07, 6.45) is 4.50. The van der Waals surface area contributed by atoms with E-state index in [1.165, 1.54) is 12.8 Å². The van der Waals surface area contributed by atoms with Crippen LogP contribution in [0.15, 0.2) is 16.6 Å². The van der Waals surface area contributed by atoms with Crippen LogP contribution in [0.2, 0.25) is 0 Å². The van der Waals surface area contributed by atoms with Crippen molar-refractivity contribution in [1.82, 2.24) is 5.32 Å². The first-order chi connectivity index (χ1) is 8.56. The lowest BCUT2D eigenvalue weighted by Gasteiger charge is -2.16. The van der Waals surface area contributed by atoms with Gasteiger partial charge in [0, 0.05) is 12.1 Å². The second-order valence-corrected chi connectivity index (χ2v) is 5.59. The molecular weight excluding hydrogens is 322 g/mol. The predicted octanol–water partition coefficient (Wildman–Crippen LogP) is 3.96. The molecule has 0 saturated heterocycles. The third kappa shape index (κ3) is 3.38. The van der Waals surface area contributed by atoms with E-state index < -0.39 is 11.6 Å². The highest BCUT2D eigenvalue weighted by Gasteiger charge is 2.16. The Morgan fingerprint density at radius 2 is 1.89 bits per heavy atom. The van der Waals surface area contributed by atoms with Crippen LogP contribution < -0.4 is 10.6 Å². The van der Waals surface area contributed by atoms with Crippen LogP contribution >= 0.6 is 28.1 Å². The van der Waals surface area contributed by atoms with Gasteiger partial charge in [-0.25, -0.2) is 8.78 Å². The molecule has 0 radical (unpaired) electrons. The summed E-state index contributed by atoms with van der Waals surface area (Å²) in [7, 11) is 0. The first kappa shape index (κ1) is 13.7. The standard InChI is InChI=1S/C12H13BrF2N2S/c13-8-5-10(15)11(6-9(8)14)17-12(18)16-7-3-1-2-4-7/h5-7H,1-4H2,(H2,16,17,18). The quantitative estimate of drug-likeness (QED) is 0.632. The largest absolute Gasteiger partial charge is 0.360 e. The van der Waals surface area contributed by atoms with Crippen LogP contribution in [0, 0.1) is 11.6 Å². The number of thiocarbonyl (C=S) groups is 1. The molecule has 2 rings (SSSR count). The van der Waals surface area contributed by atoms with Gasteiger partial charge in [-0.3, -0.25) is 0 Å². The van der Waals surface area contributed by atoms with Gasteiger partial charge in [-0.2, -0.15) is 0 Å². The zero-order chi connectivity index (χ0) is 13.1. The molecule has 0 atom stereocenters. The van der Waals surface area contributed by atoms with E-state index in [-0.39, 0.29) is 10.2 Å². The summed E-state index contributed by atoms with van der Waals surface area (Å²) in [4.78, 5) is 0. The van der Waals surface area contributed by atoms with E-state index in [1.807, 2.05) is 0 Å². The zero-order valence-electron chi connectivity index (χ0n) is 9.60.